The van der Waals surface area contributed by atoms with Crippen LogP contribution in [0.4, 0.5) is 0 Å². The number of ketones is 1. The molecule has 2 heteroatoms. The van der Waals surface area contributed by atoms with Crippen molar-refractivity contribution < 1.29 is 4.79 Å². The van der Waals surface area contributed by atoms with E-state index in [0.717, 1.165) is 12.8 Å². The number of allylic oxidation sites excluding steroid dienone is 2. The molecule has 0 heterocycles. The normalized spacial score (nSPS) is 26.1. The van der Waals surface area contributed by atoms with E-state index in [9.17, 15) is 4.79 Å². The second kappa shape index (κ2) is 5.64. The van der Waals surface area contributed by atoms with Gasteiger partial charge in [0.15, 0.2) is 0 Å². The molecule has 3 rings (SSSR count). The van der Waals surface area contributed by atoms with Crippen LogP contribution in [-0.4, -0.2) is 20.7 Å². The Hall–Kier alpha value is -0.851. The summed E-state index contributed by atoms with van der Waals surface area (Å²) in [6.45, 7) is 2.24. The Balaban J connectivity index is 1.96. The quantitative estimate of drug-likeness (QED) is 0.769. The number of fused-ring (bicyclic) bond motifs is 1. The van der Waals surface area contributed by atoms with Crippen molar-refractivity contribution in [1.29, 1.82) is 0 Å². The van der Waals surface area contributed by atoms with E-state index in [0.29, 0.717) is 32.6 Å². The van der Waals surface area contributed by atoms with Crippen LogP contribution in [0.1, 0.15) is 38.2 Å². The predicted octanol–water partition coefficient (Wildman–Crippen LogP) is 3.93. The van der Waals surface area contributed by atoms with Crippen molar-refractivity contribution in [3.8, 4) is 0 Å². The summed E-state index contributed by atoms with van der Waals surface area (Å²) in [4.78, 5) is 12.2. The Morgan fingerprint density at radius 1 is 1.26 bits per heavy atom. The zero-order chi connectivity index (χ0) is 13.2. The number of hydrogen-bond donors (Lipinski definition) is 0. The first-order valence-corrected chi connectivity index (χ1v) is 9.34. The van der Waals surface area contributed by atoms with Gasteiger partial charge in [0.2, 0.25) is 0 Å². The number of rotatable bonds is 4. The van der Waals surface area contributed by atoms with Gasteiger partial charge >= 0.3 is 121 Å². The van der Waals surface area contributed by atoms with Gasteiger partial charge in [-0.15, -0.1) is 0 Å². The molecular formula is C17H20OSe. The van der Waals surface area contributed by atoms with Crippen molar-refractivity contribution in [3.05, 3.63) is 40.4 Å². The molecule has 0 radical (unpaired) electrons. The van der Waals surface area contributed by atoms with Gasteiger partial charge < -0.3 is 0 Å². The Kier molecular flexibility index (Phi) is 3.91. The van der Waals surface area contributed by atoms with Crippen LogP contribution in [0.5, 0.6) is 0 Å². The molecule has 2 aliphatic rings. The second-order valence-corrected chi connectivity index (χ2v) is 7.82. The Morgan fingerprint density at radius 3 is 2.79 bits per heavy atom. The summed E-state index contributed by atoms with van der Waals surface area (Å²) in [5.41, 5.74) is 2.90. The maximum atomic E-state index is 12.2. The SMILES string of the molecule is CCC[Se]C1=C(c2ccccc2)C2CCCC(=O)C12. The summed E-state index contributed by atoms with van der Waals surface area (Å²) >= 11 is 0.522. The van der Waals surface area contributed by atoms with Gasteiger partial charge in [-0.2, -0.15) is 0 Å². The van der Waals surface area contributed by atoms with E-state index < -0.39 is 0 Å². The Labute approximate surface area is 121 Å². The van der Waals surface area contributed by atoms with Gasteiger partial charge in [0.1, 0.15) is 0 Å². The standard InChI is InChI=1S/C17H20OSe/c1-2-11-19-17-15(12-7-4-3-5-8-12)13-9-6-10-14(18)16(13)17/h3-5,7-8,13,16H,2,6,9-11H2,1H3. The first-order valence-electron chi connectivity index (χ1n) is 7.28. The zero-order valence-corrected chi connectivity index (χ0v) is 13.1. The molecule has 2 atom stereocenters. The van der Waals surface area contributed by atoms with Gasteiger partial charge in [-0.25, -0.2) is 0 Å². The molecule has 0 N–H and O–H groups in total. The van der Waals surface area contributed by atoms with E-state index in [2.05, 4.69) is 37.3 Å². The molecule has 1 saturated carbocycles. The summed E-state index contributed by atoms with van der Waals surface area (Å²) in [6, 6.07) is 10.7. The summed E-state index contributed by atoms with van der Waals surface area (Å²) in [5.74, 6) is 1.36. The molecule has 1 aromatic rings. The molecule has 0 aliphatic heterocycles. The predicted molar refractivity (Wildman–Crippen MR) is 80.1 cm³/mol. The van der Waals surface area contributed by atoms with E-state index >= 15 is 0 Å². The summed E-state index contributed by atoms with van der Waals surface area (Å²) in [7, 11) is 0. The molecule has 1 nitrogen and oxygen atoms in total. The molecule has 1 aromatic carbocycles. The summed E-state index contributed by atoms with van der Waals surface area (Å²) < 4.78 is 1.52. The van der Waals surface area contributed by atoms with Crippen LogP contribution in [0.3, 0.4) is 0 Å². The molecule has 0 spiro atoms. The van der Waals surface area contributed by atoms with Gasteiger partial charge in [-0.05, 0) is 0 Å². The average Bonchev–Trinajstić information content (AvgIpc) is 2.42. The van der Waals surface area contributed by atoms with Crippen molar-refractivity contribution in [2.45, 2.75) is 37.9 Å². The van der Waals surface area contributed by atoms with Crippen LogP contribution in [0.2, 0.25) is 5.32 Å². The molecule has 1 fully saturated rings. The second-order valence-electron chi connectivity index (χ2n) is 5.44. The van der Waals surface area contributed by atoms with E-state index in [1.54, 1.807) is 0 Å². The molecular weight excluding hydrogens is 299 g/mol. The fourth-order valence-corrected chi connectivity index (χ4v) is 6.07. The Morgan fingerprint density at radius 2 is 2.05 bits per heavy atom. The number of carbonyl (C=O) groups is 1. The third kappa shape index (κ3) is 2.32. The van der Waals surface area contributed by atoms with Gasteiger partial charge in [0.25, 0.3) is 0 Å². The minimum atomic E-state index is 0.301. The van der Waals surface area contributed by atoms with Crippen LogP contribution < -0.4 is 0 Å². The van der Waals surface area contributed by atoms with Crippen LogP contribution in [-0.2, 0) is 4.79 Å². The number of Topliss-reactive ketones (excluding diaryl/α,β-unsaturated/α-hetero) is 1. The van der Waals surface area contributed by atoms with Gasteiger partial charge in [-0.1, -0.05) is 0 Å². The van der Waals surface area contributed by atoms with Crippen LogP contribution >= 0.6 is 0 Å². The van der Waals surface area contributed by atoms with E-state index in [1.807, 2.05) is 0 Å². The fraction of sp³-hybridized carbons (Fsp3) is 0.471. The minimum absolute atomic E-state index is 0.301. The Bertz CT molecular complexity index is 503. The first-order chi connectivity index (χ1) is 9.33. The van der Waals surface area contributed by atoms with Crippen LogP contribution in [0.25, 0.3) is 5.57 Å². The van der Waals surface area contributed by atoms with Crippen molar-refractivity contribution >= 4 is 26.3 Å². The monoisotopic (exact) mass is 320 g/mol. The number of carbonyl (C=O) groups excluding carboxylic acids is 1. The molecule has 2 aliphatic carbocycles. The van der Waals surface area contributed by atoms with Crippen molar-refractivity contribution in [3.63, 3.8) is 0 Å². The van der Waals surface area contributed by atoms with Crippen molar-refractivity contribution in [2.75, 3.05) is 0 Å². The third-order valence-electron chi connectivity index (χ3n) is 4.15. The van der Waals surface area contributed by atoms with Crippen molar-refractivity contribution in [2.24, 2.45) is 11.8 Å². The van der Waals surface area contributed by atoms with E-state index in [-0.39, 0.29) is 0 Å². The number of benzene rings is 1. The molecule has 100 valence electrons. The number of hydrogen-bond acceptors (Lipinski definition) is 1. The molecule has 0 bridgehead atoms. The van der Waals surface area contributed by atoms with Crippen LogP contribution in [0, 0.1) is 11.8 Å². The van der Waals surface area contributed by atoms with Crippen LogP contribution in [0.15, 0.2) is 34.8 Å². The average molecular weight is 319 g/mol. The molecule has 0 saturated heterocycles. The van der Waals surface area contributed by atoms with Gasteiger partial charge in [0.05, 0.1) is 0 Å². The third-order valence-corrected chi connectivity index (χ3v) is 7.08. The molecule has 2 unspecified atom stereocenters. The molecule has 0 amide bonds. The fourth-order valence-electron chi connectivity index (χ4n) is 3.29. The van der Waals surface area contributed by atoms with E-state index in [4.69, 9.17) is 0 Å². The summed E-state index contributed by atoms with van der Waals surface area (Å²) in [6.07, 6.45) is 4.35. The topological polar surface area (TPSA) is 17.1 Å². The van der Waals surface area contributed by atoms with Crippen molar-refractivity contribution in [1.82, 2.24) is 0 Å². The van der Waals surface area contributed by atoms with E-state index in [1.165, 1.54) is 33.8 Å². The molecule has 0 aromatic heterocycles. The maximum absolute atomic E-state index is 12.2. The van der Waals surface area contributed by atoms with Gasteiger partial charge in [-0.3, -0.25) is 0 Å². The summed E-state index contributed by atoms with van der Waals surface area (Å²) in [5, 5.41) is 1.27. The van der Waals surface area contributed by atoms with Gasteiger partial charge in [0, 0.05) is 0 Å². The molecule has 19 heavy (non-hydrogen) atoms. The first kappa shape index (κ1) is 13.1. The zero-order valence-electron chi connectivity index (χ0n) is 11.4.